The molecule has 0 aromatic rings. The molecule has 4 aliphatic rings. The fourth-order valence-electron chi connectivity index (χ4n) is 3.25. The van der Waals surface area contributed by atoms with Crippen molar-refractivity contribution in [2.24, 2.45) is 5.92 Å². The number of nitrogens with zero attached hydrogens (tertiary/aromatic N) is 1. The van der Waals surface area contributed by atoms with E-state index in [-0.39, 0.29) is 18.5 Å². The SMILES string of the molecule is O=C(NC1CN(CCC(F)(F)F)C1)C1=CC=C2C1=CC1=CC12. The number of rotatable bonds is 4. The maximum Gasteiger partial charge on any atom is 0.390 e. The number of halogens is 3. The van der Waals surface area contributed by atoms with Crippen LogP contribution in [0, 0.1) is 5.92 Å². The molecule has 1 heterocycles. The van der Waals surface area contributed by atoms with Crippen LogP contribution in [0.2, 0.25) is 0 Å². The van der Waals surface area contributed by atoms with Crippen molar-refractivity contribution in [2.45, 2.75) is 18.6 Å². The number of amides is 1. The van der Waals surface area contributed by atoms with Crippen molar-refractivity contribution < 1.29 is 18.0 Å². The van der Waals surface area contributed by atoms with Gasteiger partial charge in [0.15, 0.2) is 0 Å². The number of nitrogens with one attached hydrogen (secondary N) is 1. The summed E-state index contributed by atoms with van der Waals surface area (Å²) in [6.07, 6.45) is 3.11. The van der Waals surface area contributed by atoms with Crippen molar-refractivity contribution in [3.63, 3.8) is 0 Å². The van der Waals surface area contributed by atoms with Gasteiger partial charge < -0.3 is 5.32 Å². The Labute approximate surface area is 125 Å². The smallest absolute Gasteiger partial charge is 0.347 e. The summed E-state index contributed by atoms with van der Waals surface area (Å²) in [7, 11) is 0. The second-order valence-corrected chi connectivity index (χ2v) is 6.20. The summed E-state index contributed by atoms with van der Waals surface area (Å²) in [5.74, 6) is 0.290. The molecule has 1 unspecified atom stereocenters. The first-order valence-corrected chi connectivity index (χ1v) is 7.37. The number of allylic oxidation sites excluding steroid dienone is 6. The third kappa shape index (κ3) is 2.41. The van der Waals surface area contributed by atoms with Crippen molar-refractivity contribution in [1.82, 2.24) is 10.2 Å². The molecule has 0 aromatic heterocycles. The molecule has 0 aromatic carbocycles. The minimum absolute atomic E-state index is 0.00522. The highest BCUT2D eigenvalue weighted by Gasteiger charge is 2.40. The summed E-state index contributed by atoms with van der Waals surface area (Å²) >= 11 is 0. The molecular formula is C16H15F3N2O. The molecule has 0 saturated carbocycles. The van der Waals surface area contributed by atoms with Gasteiger partial charge >= 0.3 is 6.18 Å². The molecule has 6 heteroatoms. The van der Waals surface area contributed by atoms with Crippen LogP contribution >= 0.6 is 0 Å². The van der Waals surface area contributed by atoms with Gasteiger partial charge in [-0.3, -0.25) is 9.69 Å². The van der Waals surface area contributed by atoms with Crippen LogP contribution in [0.4, 0.5) is 13.2 Å². The van der Waals surface area contributed by atoms with E-state index >= 15 is 0 Å². The molecule has 0 spiro atoms. The minimum Gasteiger partial charge on any atom is -0.347 e. The van der Waals surface area contributed by atoms with Gasteiger partial charge in [-0.2, -0.15) is 13.2 Å². The van der Waals surface area contributed by atoms with Crippen LogP contribution < -0.4 is 5.32 Å². The highest BCUT2D eigenvalue weighted by atomic mass is 19.4. The van der Waals surface area contributed by atoms with E-state index in [0.29, 0.717) is 24.6 Å². The van der Waals surface area contributed by atoms with E-state index in [9.17, 15) is 18.0 Å². The summed E-state index contributed by atoms with van der Waals surface area (Å²) in [6, 6.07) is -0.0542. The van der Waals surface area contributed by atoms with Crippen LogP contribution in [0.5, 0.6) is 0 Å². The Morgan fingerprint density at radius 1 is 1.32 bits per heavy atom. The van der Waals surface area contributed by atoms with Gasteiger partial charge in [-0.1, -0.05) is 12.2 Å². The van der Waals surface area contributed by atoms with Gasteiger partial charge in [0.1, 0.15) is 0 Å². The van der Waals surface area contributed by atoms with E-state index in [4.69, 9.17) is 0 Å². The summed E-state index contributed by atoms with van der Waals surface area (Å²) < 4.78 is 36.4. The Kier molecular flexibility index (Phi) is 2.88. The van der Waals surface area contributed by atoms with Gasteiger partial charge in [-0.15, -0.1) is 0 Å². The highest BCUT2D eigenvalue weighted by Crippen LogP contribution is 2.51. The number of carbonyl (C=O) groups is 1. The Morgan fingerprint density at radius 3 is 2.82 bits per heavy atom. The van der Waals surface area contributed by atoms with E-state index < -0.39 is 12.6 Å². The van der Waals surface area contributed by atoms with Crippen LogP contribution in [0.15, 0.2) is 46.6 Å². The third-order valence-corrected chi connectivity index (χ3v) is 4.53. The Balaban J connectivity index is 1.25. The molecule has 0 radical (unpaired) electrons. The number of carbonyl (C=O) groups excluding carboxylic acids is 1. The zero-order chi connectivity index (χ0) is 15.5. The maximum atomic E-state index is 12.3. The Morgan fingerprint density at radius 2 is 2.09 bits per heavy atom. The van der Waals surface area contributed by atoms with Crippen LogP contribution in [0.3, 0.4) is 0 Å². The largest absolute Gasteiger partial charge is 0.390 e. The molecule has 22 heavy (non-hydrogen) atoms. The first-order chi connectivity index (χ1) is 10.4. The molecule has 1 fully saturated rings. The second-order valence-electron chi connectivity index (χ2n) is 6.20. The fraction of sp³-hybridized carbons (Fsp3) is 0.438. The molecule has 1 N–H and O–H groups in total. The molecule has 0 bridgehead atoms. The summed E-state index contributed by atoms with van der Waals surface area (Å²) in [5, 5.41) is 2.90. The van der Waals surface area contributed by atoms with E-state index in [1.807, 2.05) is 18.2 Å². The number of likely N-dealkylation sites (tertiary alicyclic amines) is 1. The lowest BCUT2D eigenvalue weighted by atomic mass is 10.0. The van der Waals surface area contributed by atoms with E-state index in [2.05, 4.69) is 11.4 Å². The average Bonchev–Trinajstić information content (AvgIpc) is 2.87. The minimum atomic E-state index is -4.12. The average molecular weight is 308 g/mol. The lowest BCUT2D eigenvalue weighted by Crippen LogP contribution is -2.59. The van der Waals surface area contributed by atoms with E-state index in [1.165, 1.54) is 11.1 Å². The van der Waals surface area contributed by atoms with Crippen molar-refractivity contribution in [3.05, 3.63) is 46.6 Å². The third-order valence-electron chi connectivity index (χ3n) is 4.53. The predicted molar refractivity (Wildman–Crippen MR) is 74.9 cm³/mol. The van der Waals surface area contributed by atoms with Gasteiger partial charge in [0.05, 0.1) is 12.5 Å². The first kappa shape index (κ1) is 13.8. The van der Waals surface area contributed by atoms with Gasteiger partial charge in [0.25, 0.3) is 5.91 Å². The molecule has 3 nitrogen and oxygen atoms in total. The zero-order valence-electron chi connectivity index (χ0n) is 11.8. The summed E-state index contributed by atoms with van der Waals surface area (Å²) in [4.78, 5) is 14.0. The highest BCUT2D eigenvalue weighted by molar-refractivity contribution is 6.02. The Bertz CT molecular complexity index is 663. The number of hydrogen-bond donors (Lipinski definition) is 1. The number of fused-ring (bicyclic) bond motifs is 3. The van der Waals surface area contributed by atoms with Crippen molar-refractivity contribution in [2.75, 3.05) is 19.6 Å². The first-order valence-electron chi connectivity index (χ1n) is 7.37. The van der Waals surface area contributed by atoms with E-state index in [1.54, 1.807) is 4.90 Å². The van der Waals surface area contributed by atoms with Gasteiger partial charge in [0.2, 0.25) is 0 Å². The van der Waals surface area contributed by atoms with Crippen LogP contribution in [-0.4, -0.2) is 42.7 Å². The summed E-state index contributed by atoms with van der Waals surface area (Å²) in [6.45, 7) is 0.982. The molecule has 116 valence electrons. The molecule has 1 atom stereocenters. The molecule has 4 rings (SSSR count). The second kappa shape index (κ2) is 4.59. The molecule has 1 aliphatic heterocycles. The summed E-state index contributed by atoms with van der Waals surface area (Å²) in [5.41, 5.74) is 4.16. The van der Waals surface area contributed by atoms with Crippen LogP contribution in [-0.2, 0) is 4.79 Å². The maximum absolute atomic E-state index is 12.3. The number of hydrogen-bond acceptors (Lipinski definition) is 2. The lowest BCUT2D eigenvalue weighted by Gasteiger charge is -2.39. The fourth-order valence-corrected chi connectivity index (χ4v) is 3.25. The molecule has 3 aliphatic carbocycles. The van der Waals surface area contributed by atoms with Crippen LogP contribution in [0.25, 0.3) is 0 Å². The number of alkyl halides is 3. The molecule has 1 amide bonds. The van der Waals surface area contributed by atoms with Gasteiger partial charge in [-0.05, 0) is 28.9 Å². The van der Waals surface area contributed by atoms with E-state index in [0.717, 1.165) is 5.57 Å². The topological polar surface area (TPSA) is 32.3 Å². The zero-order valence-corrected chi connectivity index (χ0v) is 11.8. The van der Waals surface area contributed by atoms with Crippen molar-refractivity contribution >= 4 is 5.91 Å². The van der Waals surface area contributed by atoms with Crippen molar-refractivity contribution in [3.8, 4) is 0 Å². The van der Waals surface area contributed by atoms with Crippen LogP contribution in [0.1, 0.15) is 6.42 Å². The van der Waals surface area contributed by atoms with Gasteiger partial charge in [0, 0.05) is 31.1 Å². The molecular weight excluding hydrogens is 293 g/mol. The monoisotopic (exact) mass is 308 g/mol. The quantitative estimate of drug-likeness (QED) is 0.862. The Hall–Kier alpha value is -1.82. The molecule has 1 saturated heterocycles. The predicted octanol–water partition coefficient (Wildman–Crippen LogP) is 2.10. The van der Waals surface area contributed by atoms with Gasteiger partial charge in [-0.25, -0.2) is 0 Å². The van der Waals surface area contributed by atoms with Crippen molar-refractivity contribution in [1.29, 1.82) is 0 Å². The lowest BCUT2D eigenvalue weighted by molar-refractivity contribution is -0.141. The standard InChI is InChI=1S/C16H15F3N2O/c17-16(18,19)3-4-21-7-10(8-21)20-15(22)12-2-1-11-13-5-9(13)6-14(11)12/h1-2,5-6,10,13H,3-4,7-8H2,(H,20,22). The normalized spacial score (nSPS) is 26.4.